The minimum atomic E-state index is -0.736. The molecular formula is C27H22BrFN2O3. The largest absolute Gasteiger partial charge is 0.488 e. The highest BCUT2D eigenvalue weighted by atomic mass is 79.9. The molecule has 4 aromatic rings. The molecule has 4 rings (SSSR count). The first-order valence-electron chi connectivity index (χ1n) is 10.6. The number of benzene rings is 4. The molecule has 0 spiro atoms. The van der Waals surface area contributed by atoms with Crippen LogP contribution in [0.5, 0.6) is 11.5 Å². The Kier molecular flexibility index (Phi) is 7.54. The van der Waals surface area contributed by atoms with Crippen molar-refractivity contribution in [2.24, 2.45) is 5.10 Å². The average Bonchev–Trinajstić information content (AvgIpc) is 2.85. The van der Waals surface area contributed by atoms with Gasteiger partial charge in [0.15, 0.2) is 6.10 Å². The summed E-state index contributed by atoms with van der Waals surface area (Å²) < 4.78 is 25.8. The summed E-state index contributed by atoms with van der Waals surface area (Å²) in [5.41, 5.74) is 4.10. The highest BCUT2D eigenvalue weighted by molar-refractivity contribution is 9.10. The highest BCUT2D eigenvalue weighted by Gasteiger charge is 2.14. The second-order valence-corrected chi connectivity index (χ2v) is 8.48. The van der Waals surface area contributed by atoms with Gasteiger partial charge in [-0.25, -0.2) is 9.82 Å². The van der Waals surface area contributed by atoms with Gasteiger partial charge in [-0.2, -0.15) is 5.10 Å². The summed E-state index contributed by atoms with van der Waals surface area (Å²) in [5.74, 6) is 0.505. The maximum Gasteiger partial charge on any atom is 0.280 e. The van der Waals surface area contributed by atoms with E-state index in [0.29, 0.717) is 11.5 Å². The Morgan fingerprint density at radius 3 is 2.53 bits per heavy atom. The monoisotopic (exact) mass is 520 g/mol. The second kappa shape index (κ2) is 10.9. The van der Waals surface area contributed by atoms with E-state index in [1.165, 1.54) is 12.1 Å². The fraction of sp³-hybridized carbons (Fsp3) is 0.111. The number of hydrazone groups is 1. The zero-order valence-electron chi connectivity index (χ0n) is 18.4. The van der Waals surface area contributed by atoms with Crippen molar-refractivity contribution in [2.45, 2.75) is 19.6 Å². The van der Waals surface area contributed by atoms with E-state index in [1.54, 1.807) is 37.4 Å². The number of carbonyl (C=O) groups excluding carboxylic acids is 1. The van der Waals surface area contributed by atoms with Gasteiger partial charge in [-0.3, -0.25) is 4.79 Å². The molecule has 1 unspecified atom stereocenters. The number of hydrogen-bond acceptors (Lipinski definition) is 4. The van der Waals surface area contributed by atoms with E-state index in [0.717, 1.165) is 26.4 Å². The molecule has 1 N–H and O–H groups in total. The van der Waals surface area contributed by atoms with Gasteiger partial charge in [0, 0.05) is 10.0 Å². The lowest BCUT2D eigenvalue weighted by Crippen LogP contribution is -2.33. The number of amides is 1. The van der Waals surface area contributed by atoms with Crippen LogP contribution in [0.4, 0.5) is 4.39 Å². The number of nitrogens with one attached hydrogen (secondary N) is 1. The van der Waals surface area contributed by atoms with Crippen LogP contribution in [-0.4, -0.2) is 18.2 Å². The molecule has 0 fully saturated rings. The molecule has 0 bridgehead atoms. The smallest absolute Gasteiger partial charge is 0.280 e. The number of fused-ring (bicyclic) bond motifs is 1. The molecule has 0 heterocycles. The van der Waals surface area contributed by atoms with Gasteiger partial charge in [-0.1, -0.05) is 58.4 Å². The highest BCUT2D eigenvalue weighted by Crippen LogP contribution is 2.27. The standard InChI is InChI=1S/C27H22BrFN2O3/c1-18(34-23-13-9-21(28)10-14-23)27(32)31-30-16-25-24-5-3-2-4-20(24)8-15-26(25)33-17-19-6-11-22(29)12-7-19/h2-16,18H,17H2,1H3,(H,31,32)/b30-16+. The van der Waals surface area contributed by atoms with E-state index < -0.39 is 6.10 Å². The van der Waals surface area contributed by atoms with E-state index in [2.05, 4.69) is 26.5 Å². The first-order chi connectivity index (χ1) is 16.5. The molecule has 0 aliphatic heterocycles. The van der Waals surface area contributed by atoms with Gasteiger partial charge >= 0.3 is 0 Å². The summed E-state index contributed by atoms with van der Waals surface area (Å²) in [4.78, 5) is 12.5. The third-order valence-corrected chi connectivity index (χ3v) is 5.63. The molecule has 1 amide bonds. The molecule has 0 aromatic heterocycles. The molecule has 4 aromatic carbocycles. The number of ether oxygens (including phenoxy) is 2. The van der Waals surface area contributed by atoms with Crippen molar-refractivity contribution in [1.29, 1.82) is 0 Å². The minimum absolute atomic E-state index is 0.268. The van der Waals surface area contributed by atoms with Gasteiger partial charge < -0.3 is 9.47 Å². The van der Waals surface area contributed by atoms with Crippen LogP contribution in [0.1, 0.15) is 18.1 Å². The van der Waals surface area contributed by atoms with Crippen molar-refractivity contribution in [3.63, 3.8) is 0 Å². The maximum atomic E-state index is 13.2. The Morgan fingerprint density at radius 1 is 1.03 bits per heavy atom. The molecule has 0 aliphatic rings. The SMILES string of the molecule is CC(Oc1ccc(Br)cc1)C(=O)N/N=C/c1c(OCc2ccc(F)cc2)ccc2ccccc12. The zero-order valence-corrected chi connectivity index (χ0v) is 20.0. The molecule has 7 heteroatoms. The van der Waals surface area contributed by atoms with Gasteiger partial charge in [0.1, 0.15) is 23.9 Å². The summed E-state index contributed by atoms with van der Waals surface area (Å²) in [7, 11) is 0. The zero-order chi connectivity index (χ0) is 23.9. The predicted molar refractivity (Wildman–Crippen MR) is 135 cm³/mol. The van der Waals surface area contributed by atoms with Crippen molar-refractivity contribution in [3.8, 4) is 11.5 Å². The van der Waals surface area contributed by atoms with Gasteiger partial charge in [0.05, 0.1) is 6.21 Å². The van der Waals surface area contributed by atoms with Crippen LogP contribution >= 0.6 is 15.9 Å². The number of rotatable bonds is 8. The number of nitrogens with zero attached hydrogens (tertiary/aromatic N) is 1. The van der Waals surface area contributed by atoms with Crippen LogP contribution < -0.4 is 14.9 Å². The van der Waals surface area contributed by atoms with E-state index in [1.807, 2.05) is 48.5 Å². The summed E-state index contributed by atoms with van der Waals surface area (Å²) in [6.07, 6.45) is 0.826. The van der Waals surface area contributed by atoms with E-state index in [4.69, 9.17) is 9.47 Å². The molecule has 0 saturated carbocycles. The third-order valence-electron chi connectivity index (χ3n) is 5.10. The maximum absolute atomic E-state index is 13.2. The lowest BCUT2D eigenvalue weighted by atomic mass is 10.0. The van der Waals surface area contributed by atoms with Gasteiger partial charge in [0.25, 0.3) is 5.91 Å². The number of halogens is 2. The lowest BCUT2D eigenvalue weighted by Gasteiger charge is -2.14. The minimum Gasteiger partial charge on any atom is -0.488 e. The van der Waals surface area contributed by atoms with E-state index in [-0.39, 0.29) is 18.3 Å². The first-order valence-corrected chi connectivity index (χ1v) is 11.4. The van der Waals surface area contributed by atoms with Crippen LogP contribution in [0.25, 0.3) is 10.8 Å². The second-order valence-electron chi connectivity index (χ2n) is 7.56. The van der Waals surface area contributed by atoms with Crippen LogP contribution in [0.15, 0.2) is 94.5 Å². The quantitative estimate of drug-likeness (QED) is 0.221. The van der Waals surface area contributed by atoms with Crippen molar-refractivity contribution >= 4 is 38.8 Å². The van der Waals surface area contributed by atoms with Crippen molar-refractivity contribution in [3.05, 3.63) is 106 Å². The Balaban J connectivity index is 1.48. The van der Waals surface area contributed by atoms with Crippen LogP contribution in [-0.2, 0) is 11.4 Å². The fourth-order valence-corrected chi connectivity index (χ4v) is 3.56. The molecule has 0 radical (unpaired) electrons. The van der Waals surface area contributed by atoms with Gasteiger partial charge in [0.2, 0.25) is 0 Å². The third kappa shape index (κ3) is 5.99. The van der Waals surface area contributed by atoms with Crippen LogP contribution in [0.3, 0.4) is 0 Å². The molecule has 0 saturated heterocycles. The molecule has 0 aliphatic carbocycles. The van der Waals surface area contributed by atoms with E-state index >= 15 is 0 Å². The van der Waals surface area contributed by atoms with Crippen molar-refractivity contribution < 1.29 is 18.7 Å². The summed E-state index contributed by atoms with van der Waals surface area (Å²) in [6.45, 7) is 1.92. The molecule has 1 atom stereocenters. The Bertz CT molecular complexity index is 1310. The van der Waals surface area contributed by atoms with Gasteiger partial charge in [-0.05, 0) is 65.7 Å². The Morgan fingerprint density at radius 2 is 1.76 bits per heavy atom. The van der Waals surface area contributed by atoms with Crippen LogP contribution in [0, 0.1) is 5.82 Å². The summed E-state index contributed by atoms with van der Waals surface area (Å²) in [5, 5.41) is 6.09. The predicted octanol–water partition coefficient (Wildman–Crippen LogP) is 6.24. The molecule has 34 heavy (non-hydrogen) atoms. The Labute approximate surface area is 205 Å². The van der Waals surface area contributed by atoms with Crippen molar-refractivity contribution in [2.75, 3.05) is 0 Å². The molecule has 172 valence electrons. The number of hydrogen-bond donors (Lipinski definition) is 1. The molecule has 5 nitrogen and oxygen atoms in total. The van der Waals surface area contributed by atoms with Gasteiger partial charge in [-0.15, -0.1) is 0 Å². The summed E-state index contributed by atoms with van der Waals surface area (Å²) >= 11 is 3.37. The number of carbonyl (C=O) groups is 1. The summed E-state index contributed by atoms with van der Waals surface area (Å²) in [6, 6.07) is 25.0. The van der Waals surface area contributed by atoms with E-state index in [9.17, 15) is 9.18 Å². The lowest BCUT2D eigenvalue weighted by molar-refractivity contribution is -0.127. The Hall–Kier alpha value is -3.71. The average molecular weight is 521 g/mol. The molecular weight excluding hydrogens is 499 g/mol. The first kappa shape index (κ1) is 23.4. The normalized spacial score (nSPS) is 12.0. The van der Waals surface area contributed by atoms with Crippen LogP contribution in [0.2, 0.25) is 0 Å². The van der Waals surface area contributed by atoms with Crippen molar-refractivity contribution in [1.82, 2.24) is 5.43 Å². The topological polar surface area (TPSA) is 59.9 Å². The fourth-order valence-electron chi connectivity index (χ4n) is 3.30.